The van der Waals surface area contributed by atoms with E-state index in [-0.39, 0.29) is 18.0 Å². The zero-order valence-corrected chi connectivity index (χ0v) is 13.1. The fourth-order valence-electron chi connectivity index (χ4n) is 1.75. The summed E-state index contributed by atoms with van der Waals surface area (Å²) >= 11 is 6.45. The van der Waals surface area contributed by atoms with E-state index in [9.17, 15) is 18.6 Å². The van der Waals surface area contributed by atoms with Crippen LogP contribution in [0, 0.1) is 0 Å². The highest BCUT2D eigenvalue weighted by Crippen LogP contribution is 2.29. The van der Waals surface area contributed by atoms with Crippen molar-refractivity contribution in [3.05, 3.63) is 27.1 Å². The van der Waals surface area contributed by atoms with Crippen molar-refractivity contribution in [2.45, 2.75) is 17.1 Å². The largest absolute Gasteiger partial charge is 0.389 e. The van der Waals surface area contributed by atoms with E-state index in [1.54, 1.807) is 12.1 Å². The van der Waals surface area contributed by atoms with Crippen molar-refractivity contribution in [3.63, 3.8) is 0 Å². The van der Waals surface area contributed by atoms with E-state index in [1.807, 2.05) is 0 Å². The monoisotopic (exact) mass is 399 g/mol. The van der Waals surface area contributed by atoms with Gasteiger partial charge in [0.15, 0.2) is 0 Å². The molecule has 2 unspecified atom stereocenters. The molecule has 5 nitrogen and oxygen atoms in total. The van der Waals surface area contributed by atoms with Gasteiger partial charge in [0.2, 0.25) is 10.0 Å². The molecule has 100 valence electrons. The number of aliphatic hydroxyl groups is 2. The Morgan fingerprint density at radius 2 is 1.72 bits per heavy atom. The van der Waals surface area contributed by atoms with Crippen molar-refractivity contribution < 1.29 is 18.6 Å². The van der Waals surface area contributed by atoms with Crippen LogP contribution in [0.25, 0.3) is 0 Å². The number of aliphatic hydroxyl groups excluding tert-OH is 2. The smallest absolute Gasteiger partial charge is 0.244 e. The summed E-state index contributed by atoms with van der Waals surface area (Å²) in [6, 6.07) is 4.73. The summed E-state index contributed by atoms with van der Waals surface area (Å²) in [6.45, 7) is -0.183. The second kappa shape index (κ2) is 5.18. The fourth-order valence-corrected chi connectivity index (χ4v) is 4.94. The van der Waals surface area contributed by atoms with Gasteiger partial charge in [-0.25, -0.2) is 8.42 Å². The third-order valence-corrected chi connectivity index (χ3v) is 6.04. The van der Waals surface area contributed by atoms with Gasteiger partial charge < -0.3 is 10.2 Å². The molecule has 1 aliphatic rings. The highest BCUT2D eigenvalue weighted by atomic mass is 79.9. The lowest BCUT2D eigenvalue weighted by Crippen LogP contribution is -2.30. The first-order valence-electron chi connectivity index (χ1n) is 5.13. The number of benzene rings is 1. The van der Waals surface area contributed by atoms with Crippen molar-refractivity contribution in [2.75, 3.05) is 13.1 Å². The maximum Gasteiger partial charge on any atom is 0.244 e. The second-order valence-electron chi connectivity index (χ2n) is 4.03. The van der Waals surface area contributed by atoms with Gasteiger partial charge in [-0.2, -0.15) is 4.31 Å². The lowest BCUT2D eigenvalue weighted by atomic mass is 10.3. The Bertz CT molecular complexity index is 553. The molecule has 18 heavy (non-hydrogen) atoms. The molecule has 1 saturated heterocycles. The molecule has 0 aliphatic carbocycles. The Morgan fingerprint density at radius 3 is 2.22 bits per heavy atom. The molecule has 0 bridgehead atoms. The Morgan fingerprint density at radius 1 is 1.17 bits per heavy atom. The number of rotatable bonds is 2. The van der Waals surface area contributed by atoms with Crippen LogP contribution in [0.3, 0.4) is 0 Å². The molecule has 2 N–H and O–H groups in total. The van der Waals surface area contributed by atoms with E-state index in [4.69, 9.17) is 0 Å². The lowest BCUT2D eigenvalue weighted by molar-refractivity contribution is 0.0572. The number of halogens is 2. The van der Waals surface area contributed by atoms with E-state index in [0.29, 0.717) is 4.47 Å². The van der Waals surface area contributed by atoms with Crippen LogP contribution >= 0.6 is 31.9 Å². The third kappa shape index (κ3) is 2.63. The highest BCUT2D eigenvalue weighted by Gasteiger charge is 2.38. The summed E-state index contributed by atoms with van der Waals surface area (Å²) in [5.74, 6) is 0. The van der Waals surface area contributed by atoms with Gasteiger partial charge in [0.1, 0.15) is 0 Å². The van der Waals surface area contributed by atoms with Gasteiger partial charge >= 0.3 is 0 Å². The molecule has 1 aromatic rings. The van der Waals surface area contributed by atoms with Crippen molar-refractivity contribution in [1.29, 1.82) is 0 Å². The molecule has 8 heteroatoms. The average Bonchev–Trinajstić information content (AvgIpc) is 2.59. The molecule has 0 amide bonds. The first-order valence-corrected chi connectivity index (χ1v) is 8.16. The maximum atomic E-state index is 12.3. The Hall–Kier alpha value is 0.01000. The van der Waals surface area contributed by atoms with E-state index in [0.717, 1.165) is 8.78 Å². The minimum absolute atomic E-state index is 0.0913. The average molecular weight is 401 g/mol. The van der Waals surface area contributed by atoms with Crippen LogP contribution in [0.4, 0.5) is 0 Å². The molecule has 0 saturated carbocycles. The van der Waals surface area contributed by atoms with Gasteiger partial charge in [0.05, 0.1) is 17.1 Å². The van der Waals surface area contributed by atoms with Crippen LogP contribution in [0.5, 0.6) is 0 Å². The summed E-state index contributed by atoms with van der Waals surface area (Å²) < 4.78 is 26.9. The maximum absolute atomic E-state index is 12.3. The minimum atomic E-state index is -3.71. The molecule has 0 radical (unpaired) electrons. The van der Waals surface area contributed by atoms with Crippen LogP contribution in [0.2, 0.25) is 0 Å². The van der Waals surface area contributed by atoms with E-state index in [2.05, 4.69) is 31.9 Å². The van der Waals surface area contributed by atoms with Crippen molar-refractivity contribution in [1.82, 2.24) is 4.31 Å². The second-order valence-corrected chi connectivity index (χ2v) is 7.71. The Labute approximate surface area is 122 Å². The predicted molar refractivity (Wildman–Crippen MR) is 72.6 cm³/mol. The first-order chi connectivity index (χ1) is 8.32. The molecule has 1 aliphatic heterocycles. The molecule has 0 aromatic heterocycles. The molecule has 2 atom stereocenters. The lowest BCUT2D eigenvalue weighted by Gasteiger charge is -2.16. The van der Waals surface area contributed by atoms with Crippen molar-refractivity contribution >= 4 is 41.9 Å². The summed E-state index contributed by atoms with van der Waals surface area (Å²) in [5, 5.41) is 18.8. The molecule has 1 aromatic carbocycles. The SMILES string of the molecule is O=S(=O)(c1ccc(Br)cc1Br)N1CC(O)C(O)C1. The summed E-state index contributed by atoms with van der Waals surface area (Å²) in [4.78, 5) is 0.118. The zero-order chi connectivity index (χ0) is 13.5. The fraction of sp³-hybridized carbons (Fsp3) is 0.400. The van der Waals surface area contributed by atoms with Crippen LogP contribution in [-0.2, 0) is 10.0 Å². The molecular formula is C10H11Br2NO4S. The topological polar surface area (TPSA) is 77.8 Å². The molecule has 0 spiro atoms. The van der Waals surface area contributed by atoms with Crippen molar-refractivity contribution in [3.8, 4) is 0 Å². The number of nitrogens with zero attached hydrogens (tertiary/aromatic N) is 1. The van der Waals surface area contributed by atoms with E-state index in [1.165, 1.54) is 6.07 Å². The molecular weight excluding hydrogens is 390 g/mol. The molecule has 1 heterocycles. The first kappa shape index (κ1) is 14.4. The quantitative estimate of drug-likeness (QED) is 0.774. The van der Waals surface area contributed by atoms with Gasteiger partial charge in [-0.3, -0.25) is 0 Å². The summed E-state index contributed by atoms with van der Waals surface area (Å²) in [6.07, 6.45) is -2.07. The van der Waals surface area contributed by atoms with Crippen LogP contribution < -0.4 is 0 Å². The van der Waals surface area contributed by atoms with Gasteiger partial charge in [-0.1, -0.05) is 15.9 Å². The molecule has 1 fully saturated rings. The molecule has 2 rings (SSSR count). The minimum Gasteiger partial charge on any atom is -0.389 e. The zero-order valence-electron chi connectivity index (χ0n) is 9.12. The number of sulfonamides is 1. The van der Waals surface area contributed by atoms with Crippen LogP contribution in [0.15, 0.2) is 32.0 Å². The van der Waals surface area contributed by atoms with Gasteiger partial charge in [-0.05, 0) is 34.1 Å². The summed E-state index contributed by atoms with van der Waals surface area (Å²) in [7, 11) is -3.71. The van der Waals surface area contributed by atoms with Gasteiger partial charge in [-0.15, -0.1) is 0 Å². The van der Waals surface area contributed by atoms with Crippen LogP contribution in [-0.4, -0.2) is 48.2 Å². The summed E-state index contributed by atoms with van der Waals surface area (Å²) in [5.41, 5.74) is 0. The van der Waals surface area contributed by atoms with Gasteiger partial charge in [0, 0.05) is 22.0 Å². The van der Waals surface area contributed by atoms with Gasteiger partial charge in [0.25, 0.3) is 0 Å². The normalized spacial score (nSPS) is 25.6. The standard InChI is InChI=1S/C10H11Br2NO4S/c11-6-1-2-10(7(12)3-6)18(16,17)13-4-8(14)9(15)5-13/h1-3,8-9,14-15H,4-5H2. The number of hydrogen-bond acceptors (Lipinski definition) is 4. The Kier molecular flexibility index (Phi) is 4.15. The van der Waals surface area contributed by atoms with Crippen molar-refractivity contribution in [2.24, 2.45) is 0 Å². The highest BCUT2D eigenvalue weighted by molar-refractivity contribution is 9.11. The Balaban J connectivity index is 2.37. The number of β-amino-alcohol motifs (C(OH)–C–C–N with tert-alkyl or cyclic N) is 2. The predicted octanol–water partition coefficient (Wildman–Crippen LogP) is 0.938. The number of hydrogen-bond donors (Lipinski definition) is 2. The van der Waals surface area contributed by atoms with E-state index < -0.39 is 22.2 Å². The van der Waals surface area contributed by atoms with Crippen LogP contribution in [0.1, 0.15) is 0 Å². The van der Waals surface area contributed by atoms with E-state index >= 15 is 0 Å². The third-order valence-electron chi connectivity index (χ3n) is 2.74.